The number of nitrogens with one attached hydrogen (secondary N) is 1. The Morgan fingerprint density at radius 2 is 1.61 bits per heavy atom. The fourth-order valence-electron chi connectivity index (χ4n) is 2.77. The number of ketones is 1. The molecule has 0 saturated carbocycles. The summed E-state index contributed by atoms with van der Waals surface area (Å²) < 4.78 is 12.2. The van der Waals surface area contributed by atoms with Crippen molar-refractivity contribution >= 4 is 11.5 Å². The van der Waals surface area contributed by atoms with Crippen LogP contribution in [-0.2, 0) is 9.47 Å². The zero-order chi connectivity index (χ0) is 20.4. The van der Waals surface area contributed by atoms with E-state index in [1.807, 2.05) is 81.4 Å². The molecule has 152 valence electrons. The minimum atomic E-state index is -0.538. The van der Waals surface area contributed by atoms with E-state index in [-0.39, 0.29) is 11.4 Å². The van der Waals surface area contributed by atoms with Gasteiger partial charge in [0.25, 0.3) is 0 Å². The summed E-state index contributed by atoms with van der Waals surface area (Å²) in [5, 5.41) is 3.39. The third-order valence-electron chi connectivity index (χ3n) is 4.32. The van der Waals surface area contributed by atoms with Crippen LogP contribution in [0.25, 0.3) is 0 Å². The number of para-hydroxylation sites is 1. The van der Waals surface area contributed by atoms with E-state index in [0.29, 0.717) is 18.8 Å². The Labute approximate surface area is 169 Å². The third-order valence-corrected chi connectivity index (χ3v) is 4.32. The van der Waals surface area contributed by atoms with E-state index in [1.165, 1.54) is 0 Å². The second-order valence-corrected chi connectivity index (χ2v) is 7.90. The molecule has 4 heteroatoms. The molecule has 0 aliphatic carbocycles. The first-order valence-corrected chi connectivity index (χ1v) is 10.1. The lowest BCUT2D eigenvalue weighted by atomic mass is 9.99. The van der Waals surface area contributed by atoms with Crippen molar-refractivity contribution in [1.29, 1.82) is 0 Å². The number of hydrogen-bond acceptors (Lipinski definition) is 4. The molecule has 0 bridgehead atoms. The number of anilines is 1. The first-order chi connectivity index (χ1) is 13.4. The van der Waals surface area contributed by atoms with Gasteiger partial charge in [-0.1, -0.05) is 61.9 Å². The molecule has 2 atom stereocenters. The maximum Gasteiger partial charge on any atom is 0.187 e. The minimum absolute atomic E-state index is 0.00320. The number of Topliss-reactive ketones (excluding diaryl/α,β-unsaturated/α-hetero) is 1. The van der Waals surface area contributed by atoms with E-state index in [2.05, 4.69) is 12.2 Å². The SMILES string of the molecule is CCCCOC(COC(C)(C)C)C(Nc1ccccc1)C(=O)c1ccccc1. The summed E-state index contributed by atoms with van der Waals surface area (Å²) in [6.45, 7) is 9.09. The number of benzene rings is 2. The number of unbranched alkanes of at least 4 members (excludes halogenated alkanes) is 1. The molecule has 0 aliphatic rings. The van der Waals surface area contributed by atoms with E-state index in [1.54, 1.807) is 0 Å². The largest absolute Gasteiger partial charge is 0.373 e. The molecule has 2 rings (SSSR count). The van der Waals surface area contributed by atoms with Crippen molar-refractivity contribution in [2.45, 2.75) is 58.3 Å². The van der Waals surface area contributed by atoms with Crippen LogP contribution in [0.5, 0.6) is 0 Å². The van der Waals surface area contributed by atoms with E-state index < -0.39 is 12.1 Å². The van der Waals surface area contributed by atoms with E-state index in [9.17, 15) is 4.79 Å². The number of carbonyl (C=O) groups is 1. The molecule has 0 fully saturated rings. The van der Waals surface area contributed by atoms with E-state index in [4.69, 9.17) is 9.47 Å². The minimum Gasteiger partial charge on any atom is -0.373 e. The predicted molar refractivity (Wildman–Crippen MR) is 115 cm³/mol. The van der Waals surface area contributed by atoms with Gasteiger partial charge in [-0.25, -0.2) is 0 Å². The summed E-state index contributed by atoms with van der Waals surface area (Å²) in [6, 6.07) is 18.6. The van der Waals surface area contributed by atoms with Crippen molar-refractivity contribution in [1.82, 2.24) is 0 Å². The van der Waals surface area contributed by atoms with Gasteiger partial charge in [0, 0.05) is 17.9 Å². The molecule has 0 aromatic heterocycles. The Kier molecular flexibility index (Phi) is 8.68. The van der Waals surface area contributed by atoms with Gasteiger partial charge in [-0.3, -0.25) is 4.79 Å². The fraction of sp³-hybridized carbons (Fsp3) is 0.458. The normalized spacial score (nSPS) is 13.7. The van der Waals surface area contributed by atoms with Crippen molar-refractivity contribution in [3.8, 4) is 0 Å². The molecule has 0 heterocycles. The van der Waals surface area contributed by atoms with Crippen LogP contribution in [0.4, 0.5) is 5.69 Å². The predicted octanol–water partition coefficient (Wildman–Crippen LogP) is 5.35. The van der Waals surface area contributed by atoms with Gasteiger partial charge in [0.2, 0.25) is 0 Å². The monoisotopic (exact) mass is 383 g/mol. The van der Waals surface area contributed by atoms with Gasteiger partial charge in [0.05, 0.1) is 12.2 Å². The lowest BCUT2D eigenvalue weighted by Crippen LogP contribution is -2.46. The lowest BCUT2D eigenvalue weighted by molar-refractivity contribution is -0.0752. The highest BCUT2D eigenvalue weighted by Gasteiger charge is 2.31. The van der Waals surface area contributed by atoms with Crippen LogP contribution in [0.2, 0.25) is 0 Å². The fourth-order valence-corrected chi connectivity index (χ4v) is 2.77. The third kappa shape index (κ3) is 7.45. The Morgan fingerprint density at radius 1 is 1.00 bits per heavy atom. The summed E-state index contributed by atoms with van der Waals surface area (Å²) in [7, 11) is 0. The average molecular weight is 384 g/mol. The highest BCUT2D eigenvalue weighted by Crippen LogP contribution is 2.18. The highest BCUT2D eigenvalue weighted by atomic mass is 16.5. The van der Waals surface area contributed by atoms with Crippen molar-refractivity contribution in [3.63, 3.8) is 0 Å². The summed E-state index contributed by atoms with van der Waals surface area (Å²) in [6.07, 6.45) is 1.60. The van der Waals surface area contributed by atoms with Crippen LogP contribution >= 0.6 is 0 Å². The summed E-state index contributed by atoms with van der Waals surface area (Å²) in [5.74, 6) is 0.00320. The molecule has 0 aliphatic heterocycles. The molecule has 0 amide bonds. The lowest BCUT2D eigenvalue weighted by Gasteiger charge is -2.31. The van der Waals surface area contributed by atoms with Gasteiger partial charge in [0.1, 0.15) is 12.1 Å². The second kappa shape index (κ2) is 11.0. The van der Waals surface area contributed by atoms with Crippen LogP contribution in [0.1, 0.15) is 50.9 Å². The van der Waals surface area contributed by atoms with Gasteiger partial charge < -0.3 is 14.8 Å². The summed E-state index contributed by atoms with van der Waals surface area (Å²) >= 11 is 0. The number of hydrogen-bond donors (Lipinski definition) is 1. The van der Waals surface area contributed by atoms with Crippen LogP contribution in [0.15, 0.2) is 60.7 Å². The topological polar surface area (TPSA) is 47.6 Å². The maximum absolute atomic E-state index is 13.3. The molecule has 4 nitrogen and oxygen atoms in total. The van der Waals surface area contributed by atoms with Gasteiger partial charge in [0.15, 0.2) is 5.78 Å². The molecule has 1 N–H and O–H groups in total. The Balaban J connectivity index is 2.28. The Hall–Kier alpha value is -2.17. The molecule has 0 radical (unpaired) electrons. The van der Waals surface area contributed by atoms with Gasteiger partial charge in [-0.2, -0.15) is 0 Å². The summed E-state index contributed by atoms with van der Waals surface area (Å²) in [5.41, 5.74) is 1.24. The number of ether oxygens (including phenoxy) is 2. The molecule has 2 aromatic carbocycles. The zero-order valence-corrected chi connectivity index (χ0v) is 17.5. The van der Waals surface area contributed by atoms with Crippen LogP contribution in [0.3, 0.4) is 0 Å². The summed E-state index contributed by atoms with van der Waals surface area (Å²) in [4.78, 5) is 13.3. The maximum atomic E-state index is 13.3. The van der Waals surface area contributed by atoms with E-state index >= 15 is 0 Å². The second-order valence-electron chi connectivity index (χ2n) is 7.90. The van der Waals surface area contributed by atoms with Crippen molar-refractivity contribution in [2.24, 2.45) is 0 Å². The van der Waals surface area contributed by atoms with Crippen molar-refractivity contribution in [3.05, 3.63) is 66.2 Å². The first kappa shape index (κ1) is 22.1. The van der Waals surface area contributed by atoms with Gasteiger partial charge in [-0.15, -0.1) is 0 Å². The number of carbonyl (C=O) groups excluding carboxylic acids is 1. The Morgan fingerprint density at radius 3 is 2.18 bits per heavy atom. The van der Waals surface area contributed by atoms with Gasteiger partial charge in [-0.05, 0) is 39.3 Å². The molecular formula is C24H33NO3. The van der Waals surface area contributed by atoms with Crippen LogP contribution < -0.4 is 5.32 Å². The van der Waals surface area contributed by atoms with Crippen LogP contribution in [0, 0.1) is 0 Å². The quantitative estimate of drug-likeness (QED) is 0.420. The zero-order valence-electron chi connectivity index (χ0n) is 17.5. The molecule has 2 unspecified atom stereocenters. The Bertz CT molecular complexity index is 695. The van der Waals surface area contributed by atoms with E-state index in [0.717, 1.165) is 18.5 Å². The standard InChI is InChI=1S/C24H33NO3/c1-5-6-17-27-21(18-28-24(2,3)4)22(25-20-15-11-8-12-16-20)23(26)19-13-9-7-10-14-19/h7-16,21-22,25H,5-6,17-18H2,1-4H3. The highest BCUT2D eigenvalue weighted by molar-refractivity contribution is 6.02. The van der Waals surface area contributed by atoms with Gasteiger partial charge >= 0.3 is 0 Å². The first-order valence-electron chi connectivity index (χ1n) is 10.1. The molecule has 2 aromatic rings. The average Bonchev–Trinajstić information content (AvgIpc) is 2.69. The van der Waals surface area contributed by atoms with Crippen molar-refractivity contribution < 1.29 is 14.3 Å². The molecule has 0 saturated heterocycles. The van der Waals surface area contributed by atoms with Crippen molar-refractivity contribution in [2.75, 3.05) is 18.5 Å². The van der Waals surface area contributed by atoms with Crippen LogP contribution in [-0.4, -0.2) is 36.7 Å². The number of rotatable bonds is 11. The molecule has 28 heavy (non-hydrogen) atoms. The smallest absolute Gasteiger partial charge is 0.187 e. The molecule has 0 spiro atoms. The molecular weight excluding hydrogens is 350 g/mol.